The van der Waals surface area contributed by atoms with E-state index in [1.54, 1.807) is 13.0 Å². The van der Waals surface area contributed by atoms with Gasteiger partial charge in [0, 0.05) is 78.1 Å². The predicted octanol–water partition coefficient (Wildman–Crippen LogP) is 9.98. The number of carbonyl (C=O) groups is 4. The summed E-state index contributed by atoms with van der Waals surface area (Å²) in [7, 11) is 3.99. The Morgan fingerprint density at radius 1 is 0.547 bits per heavy atom. The summed E-state index contributed by atoms with van der Waals surface area (Å²) >= 11 is 0. The van der Waals surface area contributed by atoms with Crippen LogP contribution in [0.5, 0.6) is 0 Å². The van der Waals surface area contributed by atoms with Crippen LogP contribution in [-0.4, -0.2) is 134 Å². The Morgan fingerprint density at radius 3 is 1.24 bits per heavy atom. The van der Waals surface area contributed by atoms with Crippen LogP contribution >= 0.6 is 0 Å². The normalized spacial score (nSPS) is 28.2. The molecule has 0 spiro atoms. The molecule has 6 rings (SSSR count). The Morgan fingerprint density at radius 2 is 0.872 bits per heavy atom. The minimum absolute atomic E-state index is 0. The number of carboxylic acids is 1. The number of methoxy groups -OCH3 is 3. The molecule has 6 aliphatic carbocycles. The van der Waals surface area contributed by atoms with Gasteiger partial charge in [-0.25, -0.2) is 19.2 Å². The van der Waals surface area contributed by atoms with Gasteiger partial charge in [0.15, 0.2) is 0 Å². The van der Waals surface area contributed by atoms with E-state index in [-0.39, 0.29) is 161 Å². The Hall–Kier alpha value is -4.78. The van der Waals surface area contributed by atoms with Crippen LogP contribution in [0.4, 0.5) is 0 Å². The second-order valence-electron chi connectivity index (χ2n) is 21.9. The Balaban J connectivity index is 0. The molecule has 0 aromatic heterocycles. The molecular formula is C59H98KN13O13. The van der Waals surface area contributed by atoms with E-state index in [1.807, 2.05) is 39.8 Å². The van der Waals surface area contributed by atoms with Crippen molar-refractivity contribution in [3.05, 3.63) is 100 Å². The van der Waals surface area contributed by atoms with Crippen LogP contribution in [0.3, 0.4) is 0 Å². The van der Waals surface area contributed by atoms with E-state index in [2.05, 4.69) is 97.2 Å². The fraction of sp³-hybridized carbons (Fsp3) is 0.763. The number of ether oxygens (including phenoxy) is 6. The standard InChI is InChI=1S/C14H23N3O3.C13H21N3O3.C13H25NO.C9H13N3O3.C9H11N3O2.CH4.K.H2O/c1-5-11(6-2)20-13-8-10(14(18)19-4)7-12(9(13)3)16-17-15;1-4-10(5-2)19-12-7-9(13(17)18)6-11(8(12)3)15-16-14;1-5-11(6-2)15-13-8-9(3)7-12(14)10(13)4;1-5-7(11-12-10)3-6(4-8(5)13)9(14)15-2;1-14-9(13)6-2-5-3-7(5)8(4-6)11-12-10;;;/h8-9,11-13H,5-7H2,1-4H3;7-8,10-12H,4-6H2,1-3H3,(H,17,18);8,10-13H,5-7,14H2,1-4H3;4-5,7-8,13H,3H2,1-2H3;2,5,7-8H,3-4H2,1H3;1H4;;1H2/q;;;;;;+1;/p-1/t9-,12+,13-;8-,11+,12-;10-,12+,13-;5-,7+,8-;5-,7+,8+;;;/m11111.../s1. The van der Waals surface area contributed by atoms with Gasteiger partial charge in [-0.05, 0) is 154 Å². The number of fused-ring (bicyclic) bond motifs is 1. The Kier molecular flexibility index (Phi) is 42.4. The molecular weight excluding hydrogens is 1140 g/mol. The van der Waals surface area contributed by atoms with Gasteiger partial charge in [0.2, 0.25) is 0 Å². The predicted molar refractivity (Wildman–Crippen MR) is 323 cm³/mol. The number of allylic oxidation sites excluding steroid dienone is 1. The summed E-state index contributed by atoms with van der Waals surface area (Å²) in [5.74, 6) is -0.972. The summed E-state index contributed by atoms with van der Waals surface area (Å²) in [4.78, 5) is 56.5. The molecule has 0 bridgehead atoms. The number of carboxylic acid groups (broad SMARTS) is 1. The van der Waals surface area contributed by atoms with E-state index in [0.29, 0.717) is 59.8 Å². The second-order valence-corrected chi connectivity index (χ2v) is 21.9. The van der Waals surface area contributed by atoms with Crippen molar-refractivity contribution in [2.24, 2.45) is 61.7 Å². The van der Waals surface area contributed by atoms with Crippen molar-refractivity contribution in [2.45, 2.75) is 234 Å². The van der Waals surface area contributed by atoms with Gasteiger partial charge in [-0.2, -0.15) is 0 Å². The topological polar surface area (TPSA) is 415 Å². The van der Waals surface area contributed by atoms with Gasteiger partial charge in [0.25, 0.3) is 0 Å². The number of azide groups is 4. The van der Waals surface area contributed by atoms with Crippen LogP contribution in [0.25, 0.3) is 41.8 Å². The molecule has 86 heavy (non-hydrogen) atoms. The molecule has 0 aromatic rings. The van der Waals surface area contributed by atoms with Crippen molar-refractivity contribution in [1.29, 1.82) is 0 Å². The average molecular weight is 1240 g/mol. The fourth-order valence-corrected chi connectivity index (χ4v) is 10.5. The number of hydrogen-bond donors (Lipinski definition) is 3. The van der Waals surface area contributed by atoms with Crippen molar-refractivity contribution in [3.63, 3.8) is 0 Å². The summed E-state index contributed by atoms with van der Waals surface area (Å²) in [6, 6.07) is -0.832. The number of carbonyl (C=O) groups excluding carboxylic acids is 3. The zero-order valence-electron chi connectivity index (χ0n) is 52.6. The average Bonchev–Trinajstić information content (AvgIpc) is 4.23. The largest absolute Gasteiger partial charge is 1.00 e. The quantitative estimate of drug-likeness (QED) is 0.0194. The van der Waals surface area contributed by atoms with Gasteiger partial charge in [0.05, 0.1) is 64.1 Å². The summed E-state index contributed by atoms with van der Waals surface area (Å²) in [5, 5.41) is 33.5. The van der Waals surface area contributed by atoms with Crippen LogP contribution in [0.1, 0.15) is 161 Å². The van der Waals surface area contributed by atoms with Gasteiger partial charge in [0.1, 0.15) is 0 Å². The SMILES string of the molecule is C.CCC(CC)O[C@@H]1C=C(C(=O)O)C[C@H](N=[N+]=[N-])[C@H]1C.CCC(CC)O[C@@H]1C=C(C(=O)OC)C[C@H](N=[N+]=[N-])[C@H]1C.CCC(CC)O[C@@H]1C=C(C)C[C@H](N)[C@H]1C.COC(=O)C1=C[C@@H](O)[C@H](C)[C@@H](N=[N+]=[N-])C1.COC(=O)C1=C[C@@H]2C[C@@H]2[C@@H](N=[N+]=[N-])C1.[K+].[OH-]. The molecule has 0 radical (unpaired) electrons. The molecule has 0 unspecified atom stereocenters. The number of hydrogen-bond acceptors (Lipinski definition) is 17. The van der Waals surface area contributed by atoms with Crippen LogP contribution in [0, 0.1) is 35.5 Å². The van der Waals surface area contributed by atoms with Gasteiger partial charge in [-0.15, -0.1) is 0 Å². The van der Waals surface area contributed by atoms with E-state index >= 15 is 0 Å². The summed E-state index contributed by atoms with van der Waals surface area (Å²) in [5.41, 5.74) is 43.2. The van der Waals surface area contributed by atoms with Crippen molar-refractivity contribution in [1.82, 2.24) is 0 Å². The van der Waals surface area contributed by atoms with Crippen LogP contribution in [0.2, 0.25) is 0 Å². The first kappa shape index (κ1) is 83.3. The zero-order chi connectivity index (χ0) is 62.5. The van der Waals surface area contributed by atoms with Gasteiger partial charge >= 0.3 is 75.3 Å². The third kappa shape index (κ3) is 26.5. The number of nitrogens with zero attached hydrogens (tertiary/aromatic N) is 12. The van der Waals surface area contributed by atoms with Crippen LogP contribution in [0.15, 0.2) is 78.7 Å². The molecule has 0 saturated heterocycles. The maximum atomic E-state index is 11.7. The molecule has 5 N–H and O–H groups in total. The maximum Gasteiger partial charge on any atom is 1.00 e. The van der Waals surface area contributed by atoms with Crippen LogP contribution < -0.4 is 57.1 Å². The van der Waals surface area contributed by atoms with E-state index in [1.165, 1.54) is 33.0 Å². The zero-order valence-corrected chi connectivity index (χ0v) is 55.8. The minimum Gasteiger partial charge on any atom is -0.870 e. The molecule has 15 atom stereocenters. The van der Waals surface area contributed by atoms with Crippen molar-refractivity contribution in [2.75, 3.05) is 21.3 Å². The summed E-state index contributed by atoms with van der Waals surface area (Å²) < 4.78 is 32.0. The molecule has 1 saturated carbocycles. The Labute approximate surface area is 551 Å². The first-order valence-corrected chi connectivity index (χ1v) is 29.1. The van der Waals surface area contributed by atoms with Crippen molar-refractivity contribution >= 4 is 23.9 Å². The second kappa shape index (κ2) is 43.8. The van der Waals surface area contributed by atoms with Gasteiger partial charge < -0.3 is 49.8 Å². The molecule has 478 valence electrons. The van der Waals surface area contributed by atoms with E-state index in [0.717, 1.165) is 51.4 Å². The fourth-order valence-electron chi connectivity index (χ4n) is 10.5. The number of rotatable bonds is 20. The van der Waals surface area contributed by atoms with Crippen molar-refractivity contribution in [3.8, 4) is 0 Å². The third-order valence-corrected chi connectivity index (χ3v) is 16.4. The molecule has 27 heteroatoms. The smallest absolute Gasteiger partial charge is 0.870 e. The number of nitrogens with two attached hydrogens (primary N) is 1. The van der Waals surface area contributed by atoms with E-state index in [4.69, 9.17) is 51.9 Å². The first-order chi connectivity index (χ1) is 39.5. The Bertz CT molecular complexity index is 2500. The minimum atomic E-state index is -0.969. The molecule has 26 nitrogen and oxygen atoms in total. The third-order valence-electron chi connectivity index (χ3n) is 16.4. The van der Waals surface area contributed by atoms with Gasteiger partial charge in [-0.1, -0.05) is 115 Å². The molecule has 0 aromatic carbocycles. The van der Waals surface area contributed by atoms with E-state index < -0.39 is 24.1 Å². The van der Waals surface area contributed by atoms with Gasteiger partial charge in [-0.3, -0.25) is 0 Å². The number of aliphatic hydroxyl groups excluding tert-OH is 1. The summed E-state index contributed by atoms with van der Waals surface area (Å²) in [6.45, 7) is 22.6. The molecule has 6 aliphatic rings. The monoisotopic (exact) mass is 1240 g/mol. The molecule has 0 amide bonds. The molecule has 0 aliphatic heterocycles. The number of aliphatic carboxylic acids is 1. The number of aliphatic hydroxyl groups is 1. The molecule has 1 fully saturated rings. The van der Waals surface area contributed by atoms with Crippen molar-refractivity contribution < 1.29 is 115 Å². The van der Waals surface area contributed by atoms with E-state index in [9.17, 15) is 24.3 Å². The maximum absolute atomic E-state index is 11.7. The first-order valence-electron chi connectivity index (χ1n) is 29.1. The molecule has 0 heterocycles. The van der Waals surface area contributed by atoms with Crippen LogP contribution in [-0.2, 0) is 47.6 Å². The number of esters is 3. The summed E-state index contributed by atoms with van der Waals surface area (Å²) in [6.07, 6.45) is 18.0.